The van der Waals surface area contributed by atoms with E-state index >= 15 is 0 Å². The number of thiophene rings is 1. The molecule has 11 aromatic carbocycles. The van der Waals surface area contributed by atoms with Crippen molar-refractivity contribution in [3.63, 3.8) is 0 Å². The lowest BCUT2D eigenvalue weighted by Crippen LogP contribution is -2.26. The van der Waals surface area contributed by atoms with Gasteiger partial charge in [0.05, 0.1) is 5.41 Å². The lowest BCUT2D eigenvalue weighted by molar-refractivity contribution is 0.802. The van der Waals surface area contributed by atoms with Gasteiger partial charge in [-0.1, -0.05) is 176 Å². The summed E-state index contributed by atoms with van der Waals surface area (Å²) in [5.74, 6) is 0. The van der Waals surface area contributed by atoms with Crippen LogP contribution in [0.1, 0.15) is 39.8 Å². The summed E-state index contributed by atoms with van der Waals surface area (Å²) in [6, 6.07) is 74.6. The summed E-state index contributed by atoms with van der Waals surface area (Å²) in [4.78, 5) is 0. The predicted molar refractivity (Wildman–Crippen MR) is 274 cm³/mol. The zero-order chi connectivity index (χ0) is 41.7. The highest BCUT2D eigenvalue weighted by Crippen LogP contribution is 2.66. The molecule has 0 saturated heterocycles. The number of benzene rings is 11. The number of rotatable bonds is 2. The van der Waals surface area contributed by atoms with Crippen LogP contribution in [0.25, 0.3) is 114 Å². The van der Waals surface area contributed by atoms with Crippen LogP contribution in [0.3, 0.4) is 0 Å². The molecule has 12 aromatic rings. The molecule has 1 heterocycles. The molecule has 296 valence electrons. The van der Waals surface area contributed by atoms with Crippen LogP contribution in [0.5, 0.6) is 0 Å². The summed E-state index contributed by atoms with van der Waals surface area (Å²) in [5.41, 5.74) is 18.3. The lowest BCUT2D eigenvalue weighted by atomic mass is 9.68. The van der Waals surface area contributed by atoms with Crippen molar-refractivity contribution in [2.24, 2.45) is 0 Å². The summed E-state index contributed by atoms with van der Waals surface area (Å²) < 4.78 is 2.73. The monoisotopic (exact) mass is 826 g/mol. The predicted octanol–water partition coefficient (Wildman–Crippen LogP) is 17.3. The Kier molecular flexibility index (Phi) is 6.97. The fraction of sp³-hybridized carbons (Fsp3) is 0.0476. The van der Waals surface area contributed by atoms with Crippen LogP contribution in [0, 0.1) is 0 Å². The number of hydrogen-bond donors (Lipinski definition) is 0. The summed E-state index contributed by atoms with van der Waals surface area (Å²) in [5, 5.41) is 13.0. The van der Waals surface area contributed by atoms with E-state index in [0.717, 1.165) is 12.8 Å². The molecular formula is C63H38S. The number of allylic oxidation sites excluding steroid dienone is 1. The molecule has 15 rings (SSSR count). The Bertz CT molecular complexity index is 3980. The SMILES string of the molecule is C1=Cc2cc3c(cc2CC1)sc1ccc(-c2c4ccccc4c(-c4cc5c(c6ccccc46)-c4ccc6ccccc6c4C54c5ccccc5-c5ccccc54)c4ccccc24)cc13. The van der Waals surface area contributed by atoms with Crippen molar-refractivity contribution >= 4 is 80.7 Å². The molecule has 1 aromatic heterocycles. The molecule has 0 nitrogen and oxygen atoms in total. The van der Waals surface area contributed by atoms with Gasteiger partial charge in [-0.15, -0.1) is 11.3 Å². The van der Waals surface area contributed by atoms with Crippen molar-refractivity contribution in [1.82, 2.24) is 0 Å². The Balaban J connectivity index is 1.06. The Morgan fingerprint density at radius 1 is 0.375 bits per heavy atom. The molecule has 3 aliphatic rings. The van der Waals surface area contributed by atoms with Crippen molar-refractivity contribution in [2.75, 3.05) is 0 Å². The van der Waals surface area contributed by atoms with Gasteiger partial charge in [0.25, 0.3) is 0 Å². The third-order valence-electron chi connectivity index (χ3n) is 15.1. The minimum atomic E-state index is -0.503. The Morgan fingerprint density at radius 2 is 0.969 bits per heavy atom. The normalized spacial score (nSPS) is 14.2. The van der Waals surface area contributed by atoms with Gasteiger partial charge in [-0.05, 0) is 164 Å². The van der Waals surface area contributed by atoms with Gasteiger partial charge in [-0.2, -0.15) is 0 Å². The molecule has 0 aliphatic heterocycles. The van der Waals surface area contributed by atoms with Crippen molar-refractivity contribution in [2.45, 2.75) is 18.3 Å². The summed E-state index contributed by atoms with van der Waals surface area (Å²) in [6.07, 6.45) is 6.89. The van der Waals surface area contributed by atoms with Crippen LogP contribution in [0.2, 0.25) is 0 Å². The smallest absolute Gasteiger partial charge is 0.0731 e. The molecule has 64 heavy (non-hydrogen) atoms. The molecule has 0 bridgehead atoms. The van der Waals surface area contributed by atoms with E-state index in [-0.39, 0.29) is 0 Å². The number of aryl methyl sites for hydroxylation is 1. The van der Waals surface area contributed by atoms with Gasteiger partial charge in [0.2, 0.25) is 0 Å². The average Bonchev–Trinajstić information content (AvgIpc) is 3.98. The maximum atomic E-state index is 2.62. The van der Waals surface area contributed by atoms with Gasteiger partial charge < -0.3 is 0 Å². The molecule has 1 spiro atoms. The first-order valence-electron chi connectivity index (χ1n) is 22.6. The average molecular weight is 827 g/mol. The van der Waals surface area contributed by atoms with Crippen LogP contribution in [-0.4, -0.2) is 0 Å². The molecule has 3 aliphatic carbocycles. The molecule has 0 N–H and O–H groups in total. The first-order chi connectivity index (χ1) is 31.8. The number of hydrogen-bond acceptors (Lipinski definition) is 1. The van der Waals surface area contributed by atoms with Crippen LogP contribution in [-0.2, 0) is 11.8 Å². The molecule has 0 fully saturated rings. The van der Waals surface area contributed by atoms with Gasteiger partial charge >= 0.3 is 0 Å². The molecule has 1 heteroatoms. The first-order valence-corrected chi connectivity index (χ1v) is 23.5. The van der Waals surface area contributed by atoms with Gasteiger partial charge in [-0.25, -0.2) is 0 Å². The fourth-order valence-electron chi connectivity index (χ4n) is 12.6. The van der Waals surface area contributed by atoms with E-state index < -0.39 is 5.41 Å². The van der Waals surface area contributed by atoms with Crippen molar-refractivity contribution < 1.29 is 0 Å². The van der Waals surface area contributed by atoms with E-state index in [1.54, 1.807) is 0 Å². The highest BCUT2D eigenvalue weighted by Gasteiger charge is 2.53. The van der Waals surface area contributed by atoms with Gasteiger partial charge in [0.1, 0.15) is 0 Å². The Hall–Kier alpha value is -7.58. The topological polar surface area (TPSA) is 0 Å². The second-order valence-corrected chi connectivity index (χ2v) is 19.2. The maximum Gasteiger partial charge on any atom is 0.0731 e. The third-order valence-corrected chi connectivity index (χ3v) is 16.2. The standard InChI is InChI=1S/C63H38S/c1-2-17-39-35-58-52(33-38(39)16-1)51-34-40(30-32-57(51)64-58)59-46-23-7-9-25-48(46)60(49-26-10-8-24-47(49)59)53-36-56-61(45-22-6-5-19-42(45)53)50-31-29-37-15-3-4-18-41(37)62(50)63(56)54-27-13-11-20-43(54)44-21-12-14-28-55(44)63/h1,3-16,18-36H,2,17H2. The molecule has 0 atom stereocenters. The zero-order valence-corrected chi connectivity index (χ0v) is 35.8. The summed E-state index contributed by atoms with van der Waals surface area (Å²) in [7, 11) is 0. The Labute approximate surface area is 375 Å². The van der Waals surface area contributed by atoms with E-state index in [0.29, 0.717) is 0 Å². The van der Waals surface area contributed by atoms with Gasteiger partial charge in [0, 0.05) is 20.2 Å². The molecule has 0 amide bonds. The van der Waals surface area contributed by atoms with Crippen LogP contribution in [0.4, 0.5) is 0 Å². The van der Waals surface area contributed by atoms with E-state index in [9.17, 15) is 0 Å². The summed E-state index contributed by atoms with van der Waals surface area (Å²) >= 11 is 1.93. The van der Waals surface area contributed by atoms with Crippen LogP contribution in [0.15, 0.2) is 200 Å². The quantitative estimate of drug-likeness (QED) is 0.152. The minimum absolute atomic E-state index is 0.503. The van der Waals surface area contributed by atoms with Crippen molar-refractivity contribution in [3.8, 4) is 44.5 Å². The largest absolute Gasteiger partial charge is 0.135 e. The van der Waals surface area contributed by atoms with Crippen molar-refractivity contribution in [3.05, 3.63) is 234 Å². The Morgan fingerprint density at radius 3 is 1.69 bits per heavy atom. The third kappa shape index (κ3) is 4.42. The lowest BCUT2D eigenvalue weighted by Gasteiger charge is -2.32. The van der Waals surface area contributed by atoms with Gasteiger partial charge in [-0.3, -0.25) is 0 Å². The van der Waals surface area contributed by atoms with E-state index in [1.807, 2.05) is 11.3 Å². The van der Waals surface area contributed by atoms with Crippen LogP contribution < -0.4 is 0 Å². The second kappa shape index (κ2) is 12.8. The minimum Gasteiger partial charge on any atom is -0.135 e. The van der Waals surface area contributed by atoms with Crippen LogP contribution >= 0.6 is 11.3 Å². The molecule has 0 radical (unpaired) electrons. The van der Waals surface area contributed by atoms with Gasteiger partial charge in [0.15, 0.2) is 0 Å². The highest BCUT2D eigenvalue weighted by atomic mass is 32.1. The molecular weight excluding hydrogens is 789 g/mol. The van der Waals surface area contributed by atoms with E-state index in [1.165, 1.54) is 141 Å². The van der Waals surface area contributed by atoms with Crippen molar-refractivity contribution in [1.29, 1.82) is 0 Å². The van der Waals surface area contributed by atoms with E-state index in [4.69, 9.17) is 0 Å². The summed E-state index contributed by atoms with van der Waals surface area (Å²) in [6.45, 7) is 0. The number of fused-ring (bicyclic) bond motifs is 20. The second-order valence-electron chi connectivity index (χ2n) is 18.1. The highest BCUT2D eigenvalue weighted by molar-refractivity contribution is 7.25. The molecule has 0 unspecified atom stereocenters. The first kappa shape index (κ1) is 34.9. The van der Waals surface area contributed by atoms with E-state index in [2.05, 4.69) is 206 Å². The maximum absolute atomic E-state index is 2.62. The zero-order valence-electron chi connectivity index (χ0n) is 35.0. The molecule has 0 saturated carbocycles. The fourth-order valence-corrected chi connectivity index (χ4v) is 13.7.